The fourth-order valence-corrected chi connectivity index (χ4v) is 4.69. The van der Waals surface area contributed by atoms with Gasteiger partial charge in [0.2, 0.25) is 0 Å². The minimum absolute atomic E-state index is 0.197. The van der Waals surface area contributed by atoms with E-state index in [2.05, 4.69) is 16.1 Å². The van der Waals surface area contributed by atoms with Crippen molar-refractivity contribution >= 4 is 45.4 Å². The van der Waals surface area contributed by atoms with Crippen molar-refractivity contribution in [1.82, 2.24) is 9.29 Å². The summed E-state index contributed by atoms with van der Waals surface area (Å²) in [5, 5.41) is 0.667. The van der Waals surface area contributed by atoms with E-state index in [1.165, 1.54) is 10.6 Å². The van der Waals surface area contributed by atoms with Crippen LogP contribution >= 0.6 is 0 Å². The fraction of sp³-hybridized carbons (Fsp3) is 0.286. The monoisotopic (exact) mass is 550 g/mol. The third-order valence-electron chi connectivity index (χ3n) is 5.44. The van der Waals surface area contributed by atoms with Crippen molar-refractivity contribution in [3.05, 3.63) is 84.0 Å². The van der Waals surface area contributed by atoms with Crippen LogP contribution < -0.4 is 4.72 Å². The first-order chi connectivity index (χ1) is 18.4. The highest BCUT2D eigenvalue weighted by molar-refractivity contribution is 7.83. The van der Waals surface area contributed by atoms with E-state index in [1.807, 2.05) is 6.92 Å². The standard InChI is InChI=1S/C28H30N4O6S/c1-6-15-37-26(34)25(30-29)24(33)17-21(31-39(36)20-13-11-18(2)12-14-20)23-16-19-9-7-8-10-22(19)32(23)27(35)38-28(3,4)5/h6-14,16,21,31H,1,15,17H2,2-5H3/t21-,39+/m1/s1. The number of esters is 1. The molecule has 0 saturated carbocycles. The summed E-state index contributed by atoms with van der Waals surface area (Å²) in [7, 11) is -1.83. The Kier molecular flexibility index (Phi) is 9.47. The van der Waals surface area contributed by atoms with Crippen molar-refractivity contribution < 1.29 is 32.9 Å². The number of carbonyl (C=O) groups is 3. The molecule has 3 aromatic rings. The molecule has 0 bridgehead atoms. The van der Waals surface area contributed by atoms with E-state index in [0.29, 0.717) is 15.8 Å². The Morgan fingerprint density at radius 2 is 1.82 bits per heavy atom. The molecule has 0 aliphatic rings. The minimum Gasteiger partial charge on any atom is -0.453 e. The van der Waals surface area contributed by atoms with Crippen LogP contribution in [0.5, 0.6) is 0 Å². The molecule has 1 heterocycles. The molecular weight excluding hydrogens is 520 g/mol. The van der Waals surface area contributed by atoms with Gasteiger partial charge in [0, 0.05) is 17.5 Å². The van der Waals surface area contributed by atoms with Crippen molar-refractivity contribution in [2.75, 3.05) is 6.61 Å². The highest BCUT2D eigenvalue weighted by Gasteiger charge is 2.36. The number of ether oxygens (including phenoxy) is 2. The number of carbonyl (C=O) groups excluding carboxylic acids is 3. The zero-order valence-electron chi connectivity index (χ0n) is 22.2. The molecule has 0 amide bonds. The minimum atomic E-state index is -1.83. The molecule has 39 heavy (non-hydrogen) atoms. The molecule has 0 aliphatic heterocycles. The van der Waals surface area contributed by atoms with E-state index >= 15 is 0 Å². The number of hydrogen-bond donors (Lipinski definition) is 1. The topological polar surface area (TPSA) is 140 Å². The summed E-state index contributed by atoms with van der Waals surface area (Å²) in [6.45, 7) is 10.3. The van der Waals surface area contributed by atoms with Crippen molar-refractivity contribution in [3.63, 3.8) is 0 Å². The number of rotatable bonds is 10. The second kappa shape index (κ2) is 12.6. The number of fused-ring (bicyclic) bond motifs is 1. The van der Waals surface area contributed by atoms with Gasteiger partial charge in [0.05, 0.1) is 16.5 Å². The van der Waals surface area contributed by atoms with Crippen LogP contribution in [0.1, 0.15) is 44.5 Å². The van der Waals surface area contributed by atoms with Crippen LogP contribution in [0.4, 0.5) is 4.79 Å². The fourth-order valence-electron chi connectivity index (χ4n) is 3.71. The largest absolute Gasteiger partial charge is 0.453 e. The molecule has 11 heteroatoms. The third kappa shape index (κ3) is 7.44. The summed E-state index contributed by atoms with van der Waals surface area (Å²) in [6, 6.07) is 14.5. The van der Waals surface area contributed by atoms with Crippen LogP contribution in [-0.2, 0) is 30.0 Å². The lowest BCUT2D eigenvalue weighted by atomic mass is 10.0. The van der Waals surface area contributed by atoms with Crippen LogP contribution in [0.15, 0.2) is 72.1 Å². The molecule has 2 atom stereocenters. The highest BCUT2D eigenvalue weighted by atomic mass is 32.2. The molecule has 3 rings (SSSR count). The van der Waals surface area contributed by atoms with E-state index in [4.69, 9.17) is 9.47 Å². The van der Waals surface area contributed by atoms with Crippen LogP contribution in [0.3, 0.4) is 0 Å². The second-order valence-corrected chi connectivity index (χ2v) is 10.9. The SMILES string of the molecule is C=CCOC(=O)C(=[N+]=[N-])C(=O)C[C@@H](N[S@@](=O)c1ccc(C)cc1)c1cc2ccccc2n1C(=O)OC(C)(C)C. The summed E-state index contributed by atoms with van der Waals surface area (Å²) in [6.07, 6.45) is 0.0888. The molecule has 10 nitrogen and oxygen atoms in total. The van der Waals surface area contributed by atoms with E-state index in [-0.39, 0.29) is 12.3 Å². The Morgan fingerprint density at radius 1 is 1.15 bits per heavy atom. The number of aryl methyl sites for hydroxylation is 1. The maximum absolute atomic E-state index is 13.4. The number of nitrogens with one attached hydrogen (secondary N) is 1. The molecule has 1 N–H and O–H groups in total. The van der Waals surface area contributed by atoms with Crippen LogP contribution in [0.25, 0.3) is 16.4 Å². The average molecular weight is 551 g/mol. The van der Waals surface area contributed by atoms with Crippen molar-refractivity contribution in [1.29, 1.82) is 0 Å². The molecule has 0 spiro atoms. The number of Topliss-reactive ketones (excluding diaryl/α,β-unsaturated/α-hetero) is 1. The number of hydrogen-bond acceptors (Lipinski definition) is 6. The Hall–Kier alpha value is -4.18. The lowest BCUT2D eigenvalue weighted by molar-refractivity contribution is -0.141. The van der Waals surface area contributed by atoms with Crippen LogP contribution in [0, 0.1) is 6.92 Å². The van der Waals surface area contributed by atoms with Crippen LogP contribution in [0.2, 0.25) is 0 Å². The predicted molar refractivity (Wildman–Crippen MR) is 146 cm³/mol. The first-order valence-electron chi connectivity index (χ1n) is 12.1. The Bertz CT molecular complexity index is 1480. The van der Waals surface area contributed by atoms with E-state index in [9.17, 15) is 24.1 Å². The van der Waals surface area contributed by atoms with Crippen molar-refractivity contribution in [3.8, 4) is 0 Å². The van der Waals surface area contributed by atoms with Gasteiger partial charge in [0.25, 0.3) is 5.78 Å². The number of ketones is 1. The maximum Gasteiger partial charge on any atom is 0.441 e. The lowest BCUT2D eigenvalue weighted by Crippen LogP contribution is -2.35. The smallest absolute Gasteiger partial charge is 0.441 e. The number of para-hydroxylation sites is 1. The van der Waals surface area contributed by atoms with Crippen molar-refractivity contribution in [2.24, 2.45) is 0 Å². The molecule has 204 valence electrons. The molecular formula is C28H30N4O6S. The second-order valence-electron chi connectivity index (χ2n) is 9.66. The lowest BCUT2D eigenvalue weighted by Gasteiger charge is -2.23. The van der Waals surface area contributed by atoms with Gasteiger partial charge in [-0.15, -0.1) is 0 Å². The molecule has 0 radical (unpaired) electrons. The number of benzene rings is 2. The van der Waals surface area contributed by atoms with Crippen molar-refractivity contribution in [2.45, 2.75) is 50.7 Å². The Labute approximate surface area is 228 Å². The predicted octanol–water partition coefficient (Wildman–Crippen LogP) is 4.45. The highest BCUT2D eigenvalue weighted by Crippen LogP contribution is 2.29. The van der Waals surface area contributed by atoms with Gasteiger partial charge in [-0.1, -0.05) is 48.6 Å². The van der Waals surface area contributed by atoms with E-state index in [1.54, 1.807) is 75.4 Å². The van der Waals surface area contributed by atoms with Gasteiger partial charge in [-0.25, -0.2) is 23.1 Å². The van der Waals surface area contributed by atoms with Gasteiger partial charge < -0.3 is 15.0 Å². The first-order valence-corrected chi connectivity index (χ1v) is 13.2. The summed E-state index contributed by atoms with van der Waals surface area (Å²) < 4.78 is 28.0. The Balaban J connectivity index is 2.10. The van der Waals surface area contributed by atoms with Gasteiger partial charge in [-0.2, -0.15) is 4.79 Å². The average Bonchev–Trinajstić information content (AvgIpc) is 3.26. The summed E-state index contributed by atoms with van der Waals surface area (Å²) in [4.78, 5) is 42.1. The molecule has 2 aromatic carbocycles. The first kappa shape index (κ1) is 29.4. The van der Waals surface area contributed by atoms with Gasteiger partial charge in [-0.3, -0.25) is 4.79 Å². The van der Waals surface area contributed by atoms with Gasteiger partial charge in [0.15, 0.2) is 0 Å². The molecule has 1 aromatic heterocycles. The quantitative estimate of drug-likeness (QED) is 0.0988. The zero-order chi connectivity index (χ0) is 28.7. The molecule has 0 fully saturated rings. The normalized spacial score (nSPS) is 12.7. The van der Waals surface area contributed by atoms with Gasteiger partial charge >= 0.3 is 17.8 Å². The number of aromatic nitrogens is 1. The van der Waals surface area contributed by atoms with Gasteiger partial charge in [0.1, 0.15) is 23.2 Å². The van der Waals surface area contributed by atoms with Gasteiger partial charge in [-0.05, 0) is 52.0 Å². The zero-order valence-corrected chi connectivity index (χ0v) is 23.0. The summed E-state index contributed by atoms with van der Waals surface area (Å²) in [5.41, 5.74) is 9.46. The molecule has 0 saturated heterocycles. The summed E-state index contributed by atoms with van der Waals surface area (Å²) >= 11 is 0. The van der Waals surface area contributed by atoms with E-state index in [0.717, 1.165) is 5.56 Å². The molecule has 0 aliphatic carbocycles. The summed E-state index contributed by atoms with van der Waals surface area (Å²) in [5.74, 6) is -2.04. The maximum atomic E-state index is 13.4. The van der Waals surface area contributed by atoms with Crippen LogP contribution in [-0.4, -0.2) is 49.3 Å². The number of nitrogens with zero attached hydrogens (tertiary/aromatic N) is 3. The van der Waals surface area contributed by atoms with E-state index < -0.39 is 52.6 Å². The Morgan fingerprint density at radius 3 is 2.44 bits per heavy atom. The molecule has 0 unspecified atom stereocenters. The third-order valence-corrected chi connectivity index (χ3v) is 6.63.